The highest BCUT2D eigenvalue weighted by molar-refractivity contribution is 5.87. The molecule has 0 radical (unpaired) electrons. The molecule has 2 aliphatic carbocycles. The van der Waals surface area contributed by atoms with Crippen LogP contribution < -0.4 is 5.32 Å². The number of allylic oxidation sites excluding steroid dienone is 2. The van der Waals surface area contributed by atoms with Crippen molar-refractivity contribution in [3.8, 4) is 5.69 Å². The molecule has 4 rings (SSSR count). The fraction of sp³-hybridized carbons (Fsp3) is 0.350. The number of hydrogen-bond acceptors (Lipinski definition) is 3. The van der Waals surface area contributed by atoms with Crippen molar-refractivity contribution in [1.29, 1.82) is 0 Å². The molecule has 2 aliphatic rings. The molecule has 2 bridgehead atoms. The predicted octanol–water partition coefficient (Wildman–Crippen LogP) is 2.57. The number of carbonyl (C=O) groups is 2. The molecule has 5 atom stereocenters. The Morgan fingerprint density at radius 2 is 2.00 bits per heavy atom. The van der Waals surface area contributed by atoms with Crippen molar-refractivity contribution in [2.75, 3.05) is 0 Å². The summed E-state index contributed by atoms with van der Waals surface area (Å²) >= 11 is 0. The van der Waals surface area contributed by atoms with Crippen LogP contribution >= 0.6 is 0 Å². The third-order valence-corrected chi connectivity index (χ3v) is 5.55. The Morgan fingerprint density at radius 1 is 1.23 bits per heavy atom. The molecule has 1 saturated carbocycles. The SMILES string of the molecule is C[C@H](NC(=O)[C@@H]1[C@H](C(=O)O)[C@H]2C=C[C@H]1C2)c1cccc(-n2cccn2)c1. The molecule has 1 aromatic carbocycles. The molecule has 1 heterocycles. The highest BCUT2D eigenvalue weighted by Gasteiger charge is 2.51. The summed E-state index contributed by atoms with van der Waals surface area (Å²) in [5, 5.41) is 16.8. The van der Waals surface area contributed by atoms with Crippen LogP contribution in [0.15, 0.2) is 54.9 Å². The maximum Gasteiger partial charge on any atom is 0.307 e. The number of fused-ring (bicyclic) bond motifs is 2. The number of aliphatic carboxylic acids is 1. The maximum absolute atomic E-state index is 12.8. The first-order valence-corrected chi connectivity index (χ1v) is 8.86. The number of aromatic nitrogens is 2. The Kier molecular flexibility index (Phi) is 4.11. The average molecular weight is 351 g/mol. The first-order chi connectivity index (χ1) is 12.5. The van der Waals surface area contributed by atoms with Crippen LogP contribution in [0.1, 0.15) is 24.9 Å². The third-order valence-electron chi connectivity index (χ3n) is 5.55. The van der Waals surface area contributed by atoms with E-state index in [2.05, 4.69) is 10.4 Å². The first kappa shape index (κ1) is 16.6. The Balaban J connectivity index is 1.51. The lowest BCUT2D eigenvalue weighted by molar-refractivity contribution is -0.148. The van der Waals surface area contributed by atoms with Gasteiger partial charge in [0.1, 0.15) is 0 Å². The number of hydrogen-bond donors (Lipinski definition) is 2. The molecule has 1 aromatic heterocycles. The summed E-state index contributed by atoms with van der Waals surface area (Å²) in [6.45, 7) is 1.92. The summed E-state index contributed by atoms with van der Waals surface area (Å²) in [5.74, 6) is -2.15. The van der Waals surface area contributed by atoms with Gasteiger partial charge in [-0.1, -0.05) is 24.3 Å². The number of rotatable bonds is 5. The van der Waals surface area contributed by atoms with Crippen LogP contribution in [0.5, 0.6) is 0 Å². The lowest BCUT2D eigenvalue weighted by Gasteiger charge is -2.26. The standard InChI is InChI=1S/C20H21N3O3/c1-12(13-4-2-5-16(11-13)23-9-3-8-21-23)22-19(24)17-14-6-7-15(10-14)18(17)20(25)26/h2-9,11-12,14-15,17-18H,10H2,1H3,(H,22,24)(H,25,26)/t12-,14-,15-,17-,18+/m0/s1. The van der Waals surface area contributed by atoms with Gasteiger partial charge in [0.2, 0.25) is 5.91 Å². The normalized spacial score (nSPS) is 27.4. The van der Waals surface area contributed by atoms with E-state index in [1.807, 2.05) is 55.6 Å². The molecule has 26 heavy (non-hydrogen) atoms. The van der Waals surface area contributed by atoms with Crippen molar-refractivity contribution >= 4 is 11.9 Å². The number of amides is 1. The van der Waals surface area contributed by atoms with Crippen LogP contribution in [0.25, 0.3) is 5.69 Å². The Morgan fingerprint density at radius 3 is 2.69 bits per heavy atom. The summed E-state index contributed by atoms with van der Waals surface area (Å²) in [4.78, 5) is 24.4. The van der Waals surface area contributed by atoms with Gasteiger partial charge in [-0.2, -0.15) is 5.10 Å². The summed E-state index contributed by atoms with van der Waals surface area (Å²) in [6, 6.07) is 9.45. The quantitative estimate of drug-likeness (QED) is 0.811. The van der Waals surface area contributed by atoms with Crippen molar-refractivity contribution in [3.63, 3.8) is 0 Å². The number of carboxylic acids is 1. The smallest absolute Gasteiger partial charge is 0.307 e. The number of benzene rings is 1. The molecule has 2 aromatic rings. The molecule has 0 aliphatic heterocycles. The van der Waals surface area contributed by atoms with Gasteiger partial charge < -0.3 is 10.4 Å². The van der Waals surface area contributed by atoms with Gasteiger partial charge in [-0.05, 0) is 48.9 Å². The molecule has 0 spiro atoms. The lowest BCUT2D eigenvalue weighted by Crippen LogP contribution is -2.41. The molecule has 6 nitrogen and oxygen atoms in total. The van der Waals surface area contributed by atoms with Gasteiger partial charge in [0.15, 0.2) is 0 Å². The lowest BCUT2D eigenvalue weighted by atomic mass is 9.82. The Labute approximate surface area is 151 Å². The first-order valence-electron chi connectivity index (χ1n) is 8.86. The number of nitrogens with one attached hydrogen (secondary N) is 1. The molecule has 2 N–H and O–H groups in total. The summed E-state index contributed by atoms with van der Waals surface area (Å²) < 4.78 is 1.76. The van der Waals surface area contributed by atoms with Crippen molar-refractivity contribution in [1.82, 2.24) is 15.1 Å². The zero-order valence-corrected chi connectivity index (χ0v) is 14.4. The van der Waals surface area contributed by atoms with Crippen LogP contribution in [-0.2, 0) is 9.59 Å². The van der Waals surface area contributed by atoms with Crippen molar-refractivity contribution < 1.29 is 14.7 Å². The van der Waals surface area contributed by atoms with E-state index in [9.17, 15) is 14.7 Å². The Bertz CT molecular complexity index is 859. The third kappa shape index (κ3) is 2.81. The van der Waals surface area contributed by atoms with Gasteiger partial charge in [0, 0.05) is 12.4 Å². The zero-order valence-electron chi connectivity index (χ0n) is 14.4. The zero-order chi connectivity index (χ0) is 18.3. The molecule has 1 amide bonds. The van der Waals surface area contributed by atoms with Crippen molar-refractivity contribution in [2.45, 2.75) is 19.4 Å². The topological polar surface area (TPSA) is 84.2 Å². The molecule has 0 unspecified atom stereocenters. The van der Waals surface area contributed by atoms with E-state index in [-0.39, 0.29) is 23.8 Å². The van der Waals surface area contributed by atoms with E-state index < -0.39 is 17.8 Å². The molecular formula is C20H21N3O3. The number of carboxylic acid groups (broad SMARTS) is 1. The average Bonchev–Trinajstić information content (AvgIpc) is 3.37. The Hall–Kier alpha value is -2.89. The number of carbonyl (C=O) groups excluding carboxylic acids is 1. The molecule has 6 heteroatoms. The van der Waals surface area contributed by atoms with Crippen LogP contribution in [0, 0.1) is 23.7 Å². The predicted molar refractivity (Wildman–Crippen MR) is 95.5 cm³/mol. The summed E-state index contributed by atoms with van der Waals surface area (Å²) in [5.41, 5.74) is 1.87. The van der Waals surface area contributed by atoms with Crippen molar-refractivity contribution in [2.24, 2.45) is 23.7 Å². The van der Waals surface area contributed by atoms with Gasteiger partial charge in [-0.3, -0.25) is 9.59 Å². The minimum atomic E-state index is -0.879. The van der Waals surface area contributed by atoms with Gasteiger partial charge >= 0.3 is 5.97 Å². The molecule has 1 fully saturated rings. The largest absolute Gasteiger partial charge is 0.481 e. The van der Waals surface area contributed by atoms with Crippen LogP contribution in [0.2, 0.25) is 0 Å². The van der Waals surface area contributed by atoms with E-state index in [4.69, 9.17) is 0 Å². The van der Waals surface area contributed by atoms with E-state index in [0.29, 0.717) is 0 Å². The van der Waals surface area contributed by atoms with Crippen LogP contribution in [0.4, 0.5) is 0 Å². The molecule has 134 valence electrons. The highest BCUT2D eigenvalue weighted by Crippen LogP contribution is 2.48. The minimum absolute atomic E-state index is 0.0216. The molecule has 0 saturated heterocycles. The van der Waals surface area contributed by atoms with E-state index in [0.717, 1.165) is 17.7 Å². The highest BCUT2D eigenvalue weighted by atomic mass is 16.4. The van der Waals surface area contributed by atoms with Crippen LogP contribution in [0.3, 0.4) is 0 Å². The maximum atomic E-state index is 12.8. The van der Waals surface area contributed by atoms with Gasteiger partial charge in [0.25, 0.3) is 0 Å². The fourth-order valence-corrected chi connectivity index (χ4v) is 4.27. The summed E-state index contributed by atoms with van der Waals surface area (Å²) in [6.07, 6.45) is 8.29. The fourth-order valence-electron chi connectivity index (χ4n) is 4.27. The second-order valence-electron chi connectivity index (χ2n) is 7.11. The van der Waals surface area contributed by atoms with Crippen molar-refractivity contribution in [3.05, 3.63) is 60.4 Å². The monoisotopic (exact) mass is 351 g/mol. The van der Waals surface area contributed by atoms with E-state index >= 15 is 0 Å². The van der Waals surface area contributed by atoms with Gasteiger partial charge in [0.05, 0.1) is 23.6 Å². The minimum Gasteiger partial charge on any atom is -0.481 e. The molecular weight excluding hydrogens is 330 g/mol. The number of nitrogens with zero attached hydrogens (tertiary/aromatic N) is 2. The van der Waals surface area contributed by atoms with Gasteiger partial charge in [-0.15, -0.1) is 0 Å². The van der Waals surface area contributed by atoms with E-state index in [1.54, 1.807) is 10.9 Å². The second-order valence-corrected chi connectivity index (χ2v) is 7.11. The summed E-state index contributed by atoms with van der Waals surface area (Å²) in [7, 11) is 0. The second kappa shape index (κ2) is 6.44. The van der Waals surface area contributed by atoms with Gasteiger partial charge in [-0.25, -0.2) is 4.68 Å². The van der Waals surface area contributed by atoms with E-state index in [1.165, 1.54) is 0 Å². The van der Waals surface area contributed by atoms with Crippen LogP contribution in [-0.4, -0.2) is 26.8 Å².